The van der Waals surface area contributed by atoms with Crippen LogP contribution in [0, 0.1) is 0 Å². The topological polar surface area (TPSA) is 39.1 Å². The molecule has 0 bridgehead atoms. The molecular weight excluding hydrogens is 250 g/mol. The van der Waals surface area contributed by atoms with E-state index in [1.807, 2.05) is 12.4 Å². The van der Waals surface area contributed by atoms with Gasteiger partial charge in [0.05, 0.1) is 5.60 Å². The minimum absolute atomic E-state index is 0.00979. The van der Waals surface area contributed by atoms with Crippen molar-refractivity contribution in [2.75, 3.05) is 13.2 Å². The average Bonchev–Trinajstić information content (AvgIpc) is 3.05. The van der Waals surface area contributed by atoms with Crippen LogP contribution in [0.5, 0.6) is 0 Å². The SMILES string of the molecule is CCCNC(Cc1nccn1C)C1(OCC)CCCC1. The Morgan fingerprint density at radius 2 is 2.15 bits per heavy atom. The molecule has 1 atom stereocenters. The second kappa shape index (κ2) is 7.23. The fourth-order valence-corrected chi connectivity index (χ4v) is 3.39. The number of aromatic nitrogens is 2. The highest BCUT2D eigenvalue weighted by Gasteiger charge is 2.42. The quantitative estimate of drug-likeness (QED) is 0.795. The zero-order chi connectivity index (χ0) is 14.4. The molecule has 0 saturated heterocycles. The van der Waals surface area contributed by atoms with E-state index < -0.39 is 0 Å². The van der Waals surface area contributed by atoms with Gasteiger partial charge in [0.2, 0.25) is 0 Å². The second-order valence-electron chi connectivity index (χ2n) is 5.87. The molecule has 1 aromatic rings. The summed E-state index contributed by atoms with van der Waals surface area (Å²) >= 11 is 0. The molecule has 0 radical (unpaired) electrons. The van der Waals surface area contributed by atoms with Crippen molar-refractivity contribution in [3.8, 4) is 0 Å². The van der Waals surface area contributed by atoms with Gasteiger partial charge in [0, 0.05) is 38.5 Å². The van der Waals surface area contributed by atoms with Gasteiger partial charge in [0.25, 0.3) is 0 Å². The zero-order valence-corrected chi connectivity index (χ0v) is 13.2. The molecular formula is C16H29N3O. The van der Waals surface area contributed by atoms with E-state index >= 15 is 0 Å². The van der Waals surface area contributed by atoms with Crippen LogP contribution in [-0.2, 0) is 18.2 Å². The monoisotopic (exact) mass is 279 g/mol. The molecule has 1 fully saturated rings. The lowest BCUT2D eigenvalue weighted by Gasteiger charge is -2.38. The van der Waals surface area contributed by atoms with E-state index in [9.17, 15) is 0 Å². The smallest absolute Gasteiger partial charge is 0.110 e. The first kappa shape index (κ1) is 15.5. The highest BCUT2D eigenvalue weighted by Crippen LogP contribution is 2.37. The van der Waals surface area contributed by atoms with Gasteiger partial charge in [0.1, 0.15) is 5.82 Å². The van der Waals surface area contributed by atoms with Crippen LogP contribution in [0.2, 0.25) is 0 Å². The van der Waals surface area contributed by atoms with E-state index in [0.717, 1.165) is 31.8 Å². The molecule has 1 saturated carbocycles. The number of nitrogens with zero attached hydrogens (tertiary/aromatic N) is 2. The van der Waals surface area contributed by atoms with Crippen LogP contribution in [0.3, 0.4) is 0 Å². The Balaban J connectivity index is 2.14. The summed E-state index contributed by atoms with van der Waals surface area (Å²) in [5, 5.41) is 3.72. The molecule has 1 aliphatic rings. The summed E-state index contributed by atoms with van der Waals surface area (Å²) in [7, 11) is 2.07. The molecule has 20 heavy (non-hydrogen) atoms. The highest BCUT2D eigenvalue weighted by molar-refractivity contribution is 5.04. The van der Waals surface area contributed by atoms with Crippen molar-refractivity contribution in [3.05, 3.63) is 18.2 Å². The van der Waals surface area contributed by atoms with Crippen LogP contribution < -0.4 is 5.32 Å². The summed E-state index contributed by atoms with van der Waals surface area (Å²) in [4.78, 5) is 4.49. The van der Waals surface area contributed by atoms with Crippen LogP contribution in [0.25, 0.3) is 0 Å². The average molecular weight is 279 g/mol. The van der Waals surface area contributed by atoms with Gasteiger partial charge >= 0.3 is 0 Å². The van der Waals surface area contributed by atoms with Gasteiger partial charge < -0.3 is 14.6 Å². The molecule has 1 aromatic heterocycles. The van der Waals surface area contributed by atoms with Gasteiger partial charge in [-0.15, -0.1) is 0 Å². The van der Waals surface area contributed by atoms with Crippen LogP contribution in [0.15, 0.2) is 12.4 Å². The third kappa shape index (κ3) is 3.41. The Bertz CT molecular complexity index is 396. The van der Waals surface area contributed by atoms with Crippen LogP contribution in [0.4, 0.5) is 0 Å². The van der Waals surface area contributed by atoms with E-state index in [2.05, 4.69) is 35.8 Å². The van der Waals surface area contributed by atoms with Gasteiger partial charge in [-0.2, -0.15) is 0 Å². The van der Waals surface area contributed by atoms with E-state index in [4.69, 9.17) is 4.74 Å². The molecule has 4 heteroatoms. The van der Waals surface area contributed by atoms with Crippen molar-refractivity contribution in [3.63, 3.8) is 0 Å². The summed E-state index contributed by atoms with van der Waals surface area (Å²) in [5.74, 6) is 1.14. The molecule has 4 nitrogen and oxygen atoms in total. The maximum Gasteiger partial charge on any atom is 0.110 e. The van der Waals surface area contributed by atoms with Crippen LogP contribution in [0.1, 0.15) is 51.8 Å². The summed E-state index contributed by atoms with van der Waals surface area (Å²) in [6, 6.07) is 0.367. The molecule has 0 aliphatic heterocycles. The van der Waals surface area contributed by atoms with Crippen molar-refractivity contribution >= 4 is 0 Å². The Labute approximate surface area is 122 Å². The van der Waals surface area contributed by atoms with E-state index in [1.54, 1.807) is 0 Å². The first-order chi connectivity index (χ1) is 9.72. The summed E-state index contributed by atoms with van der Waals surface area (Å²) in [6.45, 7) is 6.17. The lowest BCUT2D eigenvalue weighted by molar-refractivity contribution is -0.0617. The minimum Gasteiger partial charge on any atom is -0.374 e. The van der Waals surface area contributed by atoms with Gasteiger partial charge in [0.15, 0.2) is 0 Å². The van der Waals surface area contributed by atoms with Crippen LogP contribution in [-0.4, -0.2) is 34.3 Å². The number of hydrogen-bond donors (Lipinski definition) is 1. The Hall–Kier alpha value is -0.870. The van der Waals surface area contributed by atoms with E-state index in [0.29, 0.717) is 6.04 Å². The lowest BCUT2D eigenvalue weighted by atomic mass is 9.89. The third-order valence-corrected chi connectivity index (χ3v) is 4.47. The normalized spacial score (nSPS) is 19.4. The fraction of sp³-hybridized carbons (Fsp3) is 0.812. The Kier molecular flexibility index (Phi) is 5.61. The number of nitrogens with one attached hydrogen (secondary N) is 1. The lowest BCUT2D eigenvalue weighted by Crippen LogP contribution is -2.52. The molecule has 114 valence electrons. The first-order valence-electron chi connectivity index (χ1n) is 8.05. The highest BCUT2D eigenvalue weighted by atomic mass is 16.5. The number of ether oxygens (including phenoxy) is 1. The summed E-state index contributed by atoms with van der Waals surface area (Å²) < 4.78 is 8.36. The second-order valence-corrected chi connectivity index (χ2v) is 5.87. The van der Waals surface area contributed by atoms with Crippen molar-refractivity contribution in [1.82, 2.24) is 14.9 Å². The molecule has 1 unspecified atom stereocenters. The molecule has 0 spiro atoms. The predicted octanol–water partition coefficient (Wildman–Crippen LogP) is 2.68. The number of imidazole rings is 1. The Morgan fingerprint density at radius 1 is 1.40 bits per heavy atom. The molecule has 1 heterocycles. The molecule has 1 N–H and O–H groups in total. The maximum atomic E-state index is 6.24. The minimum atomic E-state index is 0.00979. The largest absolute Gasteiger partial charge is 0.374 e. The van der Waals surface area contributed by atoms with Gasteiger partial charge in [-0.1, -0.05) is 19.8 Å². The van der Waals surface area contributed by atoms with Gasteiger partial charge in [-0.3, -0.25) is 0 Å². The summed E-state index contributed by atoms with van der Waals surface area (Å²) in [5.41, 5.74) is 0.00979. The van der Waals surface area contributed by atoms with Gasteiger partial charge in [-0.25, -0.2) is 4.98 Å². The summed E-state index contributed by atoms with van der Waals surface area (Å²) in [6.07, 6.45) is 10.9. The number of rotatable bonds is 8. The molecule has 0 aromatic carbocycles. The van der Waals surface area contributed by atoms with Crippen molar-refractivity contribution in [2.45, 2.75) is 64.0 Å². The number of aryl methyl sites for hydroxylation is 1. The van der Waals surface area contributed by atoms with Crippen molar-refractivity contribution < 1.29 is 4.74 Å². The third-order valence-electron chi connectivity index (χ3n) is 4.47. The van der Waals surface area contributed by atoms with E-state index in [-0.39, 0.29) is 5.60 Å². The maximum absolute atomic E-state index is 6.24. The van der Waals surface area contributed by atoms with Crippen molar-refractivity contribution in [1.29, 1.82) is 0 Å². The number of hydrogen-bond acceptors (Lipinski definition) is 3. The van der Waals surface area contributed by atoms with E-state index in [1.165, 1.54) is 25.7 Å². The zero-order valence-electron chi connectivity index (χ0n) is 13.2. The molecule has 0 amide bonds. The first-order valence-corrected chi connectivity index (χ1v) is 8.05. The molecule has 2 rings (SSSR count). The van der Waals surface area contributed by atoms with Gasteiger partial charge in [-0.05, 0) is 32.7 Å². The molecule has 1 aliphatic carbocycles. The van der Waals surface area contributed by atoms with Crippen molar-refractivity contribution in [2.24, 2.45) is 7.05 Å². The fourth-order valence-electron chi connectivity index (χ4n) is 3.39. The van der Waals surface area contributed by atoms with Crippen LogP contribution >= 0.6 is 0 Å². The predicted molar refractivity (Wildman–Crippen MR) is 81.8 cm³/mol. The Morgan fingerprint density at radius 3 is 2.70 bits per heavy atom. The standard InChI is InChI=1S/C16H29N3O/c1-4-10-17-14(13-15-18-11-12-19(15)3)16(20-5-2)8-6-7-9-16/h11-12,14,17H,4-10,13H2,1-3H3.